The summed E-state index contributed by atoms with van der Waals surface area (Å²) in [4.78, 5) is 9.15. The van der Waals surface area contributed by atoms with E-state index in [0.717, 1.165) is 30.3 Å². The number of nitro benzene ring substituents is 1. The van der Waals surface area contributed by atoms with Gasteiger partial charge in [0.15, 0.2) is 4.90 Å². The molecular weight excluding hydrogens is 337 g/mol. The minimum absolute atomic E-state index is 0. The van der Waals surface area contributed by atoms with E-state index < -0.39 is 31.3 Å². The second-order valence-electron chi connectivity index (χ2n) is 4.48. The first-order valence-electron chi connectivity index (χ1n) is 6.23. The quantitative estimate of drug-likeness (QED) is 0.474. The second-order valence-corrected chi connectivity index (χ2v) is 6.22. The van der Waals surface area contributed by atoms with E-state index in [2.05, 4.69) is 10.0 Å². The van der Waals surface area contributed by atoms with Gasteiger partial charge >= 0.3 is 5.69 Å². The fraction of sp³-hybridized carbons (Fsp3) is 0.333. The zero-order valence-electron chi connectivity index (χ0n) is 11.4. The summed E-state index contributed by atoms with van der Waals surface area (Å²) in [6.45, 7) is 1.45. The van der Waals surface area contributed by atoms with E-state index in [1.165, 1.54) is 0 Å². The molecule has 2 N–H and O–H groups in total. The van der Waals surface area contributed by atoms with Gasteiger partial charge in [-0.05, 0) is 25.1 Å². The molecule has 1 aromatic rings. The third-order valence-electron chi connectivity index (χ3n) is 3.07. The SMILES string of the molecule is Cl.O=[N+]([O-])c1c(F)cccc1S(=O)(=O)NCC1=CCNCC1. The Morgan fingerprint density at radius 2 is 2.14 bits per heavy atom. The smallest absolute Gasteiger partial charge is 0.313 e. The van der Waals surface area contributed by atoms with E-state index in [1.54, 1.807) is 0 Å². The van der Waals surface area contributed by atoms with Gasteiger partial charge in [0.05, 0.1) is 4.92 Å². The summed E-state index contributed by atoms with van der Waals surface area (Å²) in [5, 5.41) is 13.9. The van der Waals surface area contributed by atoms with Gasteiger partial charge in [-0.15, -0.1) is 12.4 Å². The van der Waals surface area contributed by atoms with Gasteiger partial charge in [-0.1, -0.05) is 17.7 Å². The highest BCUT2D eigenvalue weighted by Gasteiger charge is 2.29. The van der Waals surface area contributed by atoms with Crippen molar-refractivity contribution in [2.45, 2.75) is 11.3 Å². The lowest BCUT2D eigenvalue weighted by Gasteiger charge is -2.14. The zero-order chi connectivity index (χ0) is 15.5. The van der Waals surface area contributed by atoms with Gasteiger partial charge < -0.3 is 5.32 Å². The largest absolute Gasteiger partial charge is 0.324 e. The molecule has 0 spiro atoms. The summed E-state index contributed by atoms with van der Waals surface area (Å²) in [6, 6.07) is 2.99. The number of sulfonamides is 1. The standard InChI is InChI=1S/C12H14FN3O4S.ClH/c13-10-2-1-3-11(12(10)16(17)18)21(19,20)15-8-9-4-6-14-7-5-9;/h1-4,14-15H,5-8H2;1H. The van der Waals surface area contributed by atoms with Crippen LogP contribution in [0, 0.1) is 15.9 Å². The van der Waals surface area contributed by atoms with Gasteiger partial charge in [0, 0.05) is 13.1 Å². The van der Waals surface area contributed by atoms with Crippen LogP contribution in [0.4, 0.5) is 10.1 Å². The van der Waals surface area contributed by atoms with Crippen molar-refractivity contribution in [2.24, 2.45) is 0 Å². The Morgan fingerprint density at radius 3 is 2.73 bits per heavy atom. The molecule has 1 aromatic carbocycles. The van der Waals surface area contributed by atoms with Crippen molar-refractivity contribution in [1.82, 2.24) is 10.0 Å². The Bertz CT molecular complexity index is 694. The van der Waals surface area contributed by atoms with Gasteiger partial charge in [-0.25, -0.2) is 13.1 Å². The molecule has 7 nitrogen and oxygen atoms in total. The number of hydrogen-bond acceptors (Lipinski definition) is 5. The Balaban J connectivity index is 0.00000242. The molecule has 1 aliphatic rings. The number of benzene rings is 1. The summed E-state index contributed by atoms with van der Waals surface area (Å²) >= 11 is 0. The molecule has 1 heterocycles. The fourth-order valence-corrected chi connectivity index (χ4v) is 3.20. The molecule has 122 valence electrons. The van der Waals surface area contributed by atoms with E-state index >= 15 is 0 Å². The van der Waals surface area contributed by atoms with Crippen LogP contribution < -0.4 is 10.0 Å². The number of halogens is 2. The molecule has 0 bridgehead atoms. The molecule has 0 aliphatic carbocycles. The monoisotopic (exact) mass is 351 g/mol. The molecule has 22 heavy (non-hydrogen) atoms. The van der Waals surface area contributed by atoms with E-state index in [1.807, 2.05) is 6.08 Å². The van der Waals surface area contributed by atoms with Crippen molar-refractivity contribution in [3.8, 4) is 0 Å². The molecule has 0 saturated carbocycles. The highest BCUT2D eigenvalue weighted by molar-refractivity contribution is 7.89. The molecular formula is C12H15ClFN3O4S. The van der Waals surface area contributed by atoms with Crippen LogP contribution in [0.15, 0.2) is 34.7 Å². The minimum Gasteiger partial charge on any atom is -0.313 e. The van der Waals surface area contributed by atoms with Crippen molar-refractivity contribution < 1.29 is 17.7 Å². The summed E-state index contributed by atoms with van der Waals surface area (Å²) in [6.07, 6.45) is 2.54. The molecule has 1 aliphatic heterocycles. The summed E-state index contributed by atoms with van der Waals surface area (Å²) < 4.78 is 40.0. The van der Waals surface area contributed by atoms with Crippen LogP contribution >= 0.6 is 12.4 Å². The van der Waals surface area contributed by atoms with E-state index in [0.29, 0.717) is 13.0 Å². The third kappa shape index (κ3) is 4.23. The van der Waals surface area contributed by atoms with Crippen LogP contribution in [0.2, 0.25) is 0 Å². The Labute approximate surface area is 133 Å². The van der Waals surface area contributed by atoms with Gasteiger partial charge in [-0.2, -0.15) is 4.39 Å². The Kier molecular flexibility index (Phi) is 6.42. The fourth-order valence-electron chi connectivity index (χ4n) is 1.99. The minimum atomic E-state index is -4.15. The second kappa shape index (κ2) is 7.63. The van der Waals surface area contributed by atoms with Crippen LogP contribution in [0.3, 0.4) is 0 Å². The number of nitrogens with one attached hydrogen (secondary N) is 2. The number of hydrogen-bond donors (Lipinski definition) is 2. The van der Waals surface area contributed by atoms with Gasteiger partial charge in [0.25, 0.3) is 0 Å². The third-order valence-corrected chi connectivity index (χ3v) is 4.50. The average molecular weight is 352 g/mol. The number of para-hydroxylation sites is 1. The first-order chi connectivity index (χ1) is 9.92. The van der Waals surface area contributed by atoms with E-state index in [9.17, 15) is 22.9 Å². The zero-order valence-corrected chi connectivity index (χ0v) is 13.0. The Morgan fingerprint density at radius 1 is 1.41 bits per heavy atom. The van der Waals surface area contributed by atoms with Crippen molar-refractivity contribution in [3.05, 3.63) is 45.8 Å². The topological polar surface area (TPSA) is 101 Å². The predicted octanol–water partition coefficient (Wildman–Crippen LogP) is 1.35. The molecule has 2 rings (SSSR count). The van der Waals surface area contributed by atoms with Gasteiger partial charge in [0.2, 0.25) is 15.8 Å². The van der Waals surface area contributed by atoms with Crippen molar-refractivity contribution in [2.75, 3.05) is 19.6 Å². The normalized spacial score (nSPS) is 14.9. The van der Waals surface area contributed by atoms with Crippen molar-refractivity contribution >= 4 is 28.1 Å². The highest BCUT2D eigenvalue weighted by Crippen LogP contribution is 2.26. The molecule has 0 atom stereocenters. The van der Waals surface area contributed by atoms with Crippen LogP contribution in [-0.4, -0.2) is 33.0 Å². The summed E-state index contributed by atoms with van der Waals surface area (Å²) in [7, 11) is -4.15. The molecule has 0 saturated heterocycles. The molecule has 0 unspecified atom stereocenters. The van der Waals surface area contributed by atoms with E-state index in [4.69, 9.17) is 0 Å². The highest BCUT2D eigenvalue weighted by atomic mass is 35.5. The maximum atomic E-state index is 13.5. The molecule has 0 radical (unpaired) electrons. The maximum absolute atomic E-state index is 13.5. The lowest BCUT2D eigenvalue weighted by Crippen LogP contribution is -2.30. The van der Waals surface area contributed by atoms with E-state index in [-0.39, 0.29) is 19.0 Å². The summed E-state index contributed by atoms with van der Waals surface area (Å²) in [5.74, 6) is -1.18. The lowest BCUT2D eigenvalue weighted by atomic mass is 10.1. The first-order valence-corrected chi connectivity index (χ1v) is 7.71. The van der Waals surface area contributed by atoms with Gasteiger partial charge in [-0.3, -0.25) is 10.1 Å². The van der Waals surface area contributed by atoms with Crippen LogP contribution in [0.5, 0.6) is 0 Å². The number of rotatable bonds is 5. The molecule has 0 fully saturated rings. The van der Waals surface area contributed by atoms with Crippen molar-refractivity contribution in [1.29, 1.82) is 0 Å². The van der Waals surface area contributed by atoms with Crippen molar-refractivity contribution in [3.63, 3.8) is 0 Å². The maximum Gasteiger partial charge on any atom is 0.324 e. The van der Waals surface area contributed by atoms with Crippen LogP contribution in [0.1, 0.15) is 6.42 Å². The van der Waals surface area contributed by atoms with Crippen LogP contribution in [-0.2, 0) is 10.0 Å². The number of nitrogens with zero attached hydrogens (tertiary/aromatic N) is 1. The molecule has 0 amide bonds. The first kappa shape index (κ1) is 18.5. The Hall–Kier alpha value is -1.55. The molecule has 10 heteroatoms. The lowest BCUT2D eigenvalue weighted by molar-refractivity contribution is -0.390. The number of nitro groups is 1. The van der Waals surface area contributed by atoms with Crippen LogP contribution in [0.25, 0.3) is 0 Å². The molecule has 0 aromatic heterocycles. The average Bonchev–Trinajstić information content (AvgIpc) is 2.46. The predicted molar refractivity (Wildman–Crippen MR) is 81.1 cm³/mol. The van der Waals surface area contributed by atoms with Gasteiger partial charge in [0.1, 0.15) is 0 Å². The summed E-state index contributed by atoms with van der Waals surface area (Å²) in [5.41, 5.74) is -0.152.